The van der Waals surface area contributed by atoms with E-state index in [4.69, 9.17) is 0 Å². The van der Waals surface area contributed by atoms with E-state index in [9.17, 15) is 0 Å². The van der Waals surface area contributed by atoms with E-state index < -0.39 is 0 Å². The summed E-state index contributed by atoms with van der Waals surface area (Å²) in [7, 11) is 1.91. The van der Waals surface area contributed by atoms with Gasteiger partial charge in [0.2, 0.25) is 0 Å². The monoisotopic (exact) mass is 238 g/mol. The van der Waals surface area contributed by atoms with Crippen LogP contribution >= 0.6 is 0 Å². The SMILES string of the molecule is Cn1cc(NCc2cncc3ccccc23)cn1. The number of benzene rings is 1. The lowest BCUT2D eigenvalue weighted by Gasteiger charge is -2.06. The molecule has 4 nitrogen and oxygen atoms in total. The molecule has 3 aromatic rings. The molecular weight excluding hydrogens is 224 g/mol. The molecule has 0 bridgehead atoms. The third-order valence-corrected chi connectivity index (χ3v) is 2.94. The van der Waals surface area contributed by atoms with E-state index in [1.54, 1.807) is 4.68 Å². The van der Waals surface area contributed by atoms with E-state index in [1.165, 1.54) is 16.3 Å². The van der Waals surface area contributed by atoms with Gasteiger partial charge in [0.05, 0.1) is 11.9 Å². The van der Waals surface area contributed by atoms with Crippen molar-refractivity contribution in [1.29, 1.82) is 0 Å². The van der Waals surface area contributed by atoms with Crippen molar-refractivity contribution in [3.63, 3.8) is 0 Å². The zero-order valence-electron chi connectivity index (χ0n) is 10.2. The number of nitrogens with one attached hydrogen (secondary N) is 1. The molecule has 2 heterocycles. The summed E-state index contributed by atoms with van der Waals surface area (Å²) >= 11 is 0. The third kappa shape index (κ3) is 2.05. The van der Waals surface area contributed by atoms with Crippen molar-refractivity contribution in [3.05, 3.63) is 54.6 Å². The summed E-state index contributed by atoms with van der Waals surface area (Å²) in [5, 5.41) is 9.89. The second-order valence-electron chi connectivity index (χ2n) is 4.28. The smallest absolute Gasteiger partial charge is 0.0729 e. The highest BCUT2D eigenvalue weighted by Gasteiger charge is 2.01. The van der Waals surface area contributed by atoms with Gasteiger partial charge in [0.15, 0.2) is 0 Å². The molecule has 0 aliphatic heterocycles. The van der Waals surface area contributed by atoms with Crippen LogP contribution in [0.5, 0.6) is 0 Å². The normalized spacial score (nSPS) is 10.7. The topological polar surface area (TPSA) is 42.7 Å². The third-order valence-electron chi connectivity index (χ3n) is 2.94. The summed E-state index contributed by atoms with van der Waals surface area (Å²) < 4.78 is 1.78. The Morgan fingerprint density at radius 1 is 1.17 bits per heavy atom. The van der Waals surface area contributed by atoms with Gasteiger partial charge in [-0.1, -0.05) is 24.3 Å². The van der Waals surface area contributed by atoms with Crippen molar-refractivity contribution in [2.75, 3.05) is 5.32 Å². The van der Waals surface area contributed by atoms with Crippen molar-refractivity contribution in [3.8, 4) is 0 Å². The average molecular weight is 238 g/mol. The van der Waals surface area contributed by atoms with Crippen LogP contribution in [0.2, 0.25) is 0 Å². The molecule has 0 unspecified atom stereocenters. The molecule has 0 saturated carbocycles. The first-order valence-electron chi connectivity index (χ1n) is 5.87. The molecule has 2 aromatic heterocycles. The lowest BCUT2D eigenvalue weighted by molar-refractivity contribution is 0.768. The number of anilines is 1. The van der Waals surface area contributed by atoms with Gasteiger partial charge in [-0.2, -0.15) is 5.10 Å². The maximum atomic E-state index is 4.27. The highest BCUT2D eigenvalue weighted by atomic mass is 15.3. The first-order valence-corrected chi connectivity index (χ1v) is 5.87. The molecule has 0 spiro atoms. The lowest BCUT2D eigenvalue weighted by atomic mass is 10.1. The van der Waals surface area contributed by atoms with Gasteiger partial charge >= 0.3 is 0 Å². The summed E-state index contributed by atoms with van der Waals surface area (Å²) in [6.45, 7) is 0.750. The van der Waals surface area contributed by atoms with E-state index in [1.807, 2.05) is 37.9 Å². The Labute approximate surface area is 105 Å². The van der Waals surface area contributed by atoms with Gasteiger partial charge in [-0.25, -0.2) is 0 Å². The molecule has 90 valence electrons. The second kappa shape index (κ2) is 4.49. The Morgan fingerprint density at radius 3 is 2.89 bits per heavy atom. The van der Waals surface area contributed by atoms with Gasteiger partial charge in [-0.05, 0) is 10.9 Å². The fraction of sp³-hybridized carbons (Fsp3) is 0.143. The minimum Gasteiger partial charge on any atom is -0.378 e. The molecule has 0 saturated heterocycles. The van der Waals surface area contributed by atoms with E-state index in [0.717, 1.165) is 12.2 Å². The molecule has 0 aliphatic carbocycles. The second-order valence-corrected chi connectivity index (χ2v) is 4.28. The Bertz CT molecular complexity index is 667. The van der Waals surface area contributed by atoms with Crippen molar-refractivity contribution >= 4 is 16.5 Å². The fourth-order valence-corrected chi connectivity index (χ4v) is 2.03. The molecule has 3 rings (SSSR count). The Balaban J connectivity index is 1.86. The van der Waals surface area contributed by atoms with E-state index in [-0.39, 0.29) is 0 Å². The number of aromatic nitrogens is 3. The van der Waals surface area contributed by atoms with Gasteiger partial charge < -0.3 is 5.32 Å². The molecule has 18 heavy (non-hydrogen) atoms. The molecule has 0 radical (unpaired) electrons. The zero-order chi connectivity index (χ0) is 12.4. The highest BCUT2D eigenvalue weighted by Crippen LogP contribution is 2.18. The molecule has 0 atom stereocenters. The zero-order valence-corrected chi connectivity index (χ0v) is 10.2. The molecule has 0 amide bonds. The van der Waals surface area contributed by atoms with Gasteiger partial charge in [-0.15, -0.1) is 0 Å². The van der Waals surface area contributed by atoms with Crippen LogP contribution in [0.15, 0.2) is 49.1 Å². The molecule has 1 N–H and O–H groups in total. The van der Waals surface area contributed by atoms with Crippen LogP contribution in [-0.2, 0) is 13.6 Å². The number of hydrogen-bond donors (Lipinski definition) is 1. The number of hydrogen-bond acceptors (Lipinski definition) is 3. The van der Waals surface area contributed by atoms with E-state index in [2.05, 4.69) is 33.6 Å². The minimum atomic E-state index is 0.750. The summed E-state index contributed by atoms with van der Waals surface area (Å²) in [6, 6.07) is 8.28. The van der Waals surface area contributed by atoms with Crippen molar-refractivity contribution in [2.24, 2.45) is 7.05 Å². The molecule has 1 aromatic carbocycles. The van der Waals surface area contributed by atoms with Crippen LogP contribution in [0.3, 0.4) is 0 Å². The summed E-state index contributed by atoms with van der Waals surface area (Å²) in [6.07, 6.45) is 7.58. The molecule has 0 fully saturated rings. The number of aryl methyl sites for hydroxylation is 1. The Morgan fingerprint density at radius 2 is 2.06 bits per heavy atom. The van der Waals surface area contributed by atoms with Crippen LogP contribution in [-0.4, -0.2) is 14.8 Å². The quantitative estimate of drug-likeness (QED) is 0.762. The Kier molecular flexibility index (Phi) is 2.68. The van der Waals surface area contributed by atoms with Gasteiger partial charge in [0, 0.05) is 37.6 Å². The fourth-order valence-electron chi connectivity index (χ4n) is 2.03. The van der Waals surface area contributed by atoms with Gasteiger partial charge in [0.25, 0.3) is 0 Å². The predicted molar refractivity (Wildman–Crippen MR) is 72.3 cm³/mol. The summed E-state index contributed by atoms with van der Waals surface area (Å²) in [4.78, 5) is 4.27. The summed E-state index contributed by atoms with van der Waals surface area (Å²) in [5.41, 5.74) is 2.21. The van der Waals surface area contributed by atoms with Gasteiger partial charge in [-0.3, -0.25) is 9.67 Å². The predicted octanol–water partition coefficient (Wildman–Crippen LogP) is 2.58. The van der Waals surface area contributed by atoms with Crippen molar-refractivity contribution < 1.29 is 0 Å². The van der Waals surface area contributed by atoms with E-state index in [0.29, 0.717) is 0 Å². The lowest BCUT2D eigenvalue weighted by Crippen LogP contribution is -1.99. The maximum Gasteiger partial charge on any atom is 0.0729 e. The number of nitrogens with zero attached hydrogens (tertiary/aromatic N) is 3. The van der Waals surface area contributed by atoms with Crippen LogP contribution in [0.25, 0.3) is 10.8 Å². The molecule has 0 aliphatic rings. The van der Waals surface area contributed by atoms with Crippen LogP contribution in [0, 0.1) is 0 Å². The number of fused-ring (bicyclic) bond motifs is 1. The first-order chi connectivity index (χ1) is 8.83. The maximum absolute atomic E-state index is 4.27. The minimum absolute atomic E-state index is 0.750. The van der Waals surface area contributed by atoms with Crippen LogP contribution < -0.4 is 5.32 Å². The van der Waals surface area contributed by atoms with Crippen molar-refractivity contribution in [2.45, 2.75) is 6.54 Å². The van der Waals surface area contributed by atoms with Crippen LogP contribution in [0.1, 0.15) is 5.56 Å². The van der Waals surface area contributed by atoms with E-state index >= 15 is 0 Å². The van der Waals surface area contributed by atoms with Crippen molar-refractivity contribution in [1.82, 2.24) is 14.8 Å². The number of pyridine rings is 1. The average Bonchev–Trinajstić information content (AvgIpc) is 2.82. The highest BCUT2D eigenvalue weighted by molar-refractivity contribution is 5.84. The molecular formula is C14H14N4. The Hall–Kier alpha value is -2.36. The molecule has 4 heteroatoms. The number of rotatable bonds is 3. The van der Waals surface area contributed by atoms with Crippen LogP contribution in [0.4, 0.5) is 5.69 Å². The first kappa shape index (κ1) is 10.8. The summed E-state index contributed by atoms with van der Waals surface area (Å²) in [5.74, 6) is 0. The largest absolute Gasteiger partial charge is 0.378 e. The van der Waals surface area contributed by atoms with Gasteiger partial charge in [0.1, 0.15) is 0 Å². The standard InChI is InChI=1S/C14H14N4/c1-18-10-13(9-17-18)16-8-12-7-15-6-11-4-2-3-5-14(11)12/h2-7,9-10,16H,8H2,1H3.